The fourth-order valence-electron chi connectivity index (χ4n) is 1.24. The largest absolute Gasteiger partial charge is 0.306 e. The van der Waals surface area contributed by atoms with Crippen LogP contribution in [0.5, 0.6) is 0 Å². The predicted molar refractivity (Wildman–Crippen MR) is 49.8 cm³/mol. The summed E-state index contributed by atoms with van der Waals surface area (Å²) in [5.74, 6) is 0. The summed E-state index contributed by atoms with van der Waals surface area (Å²) in [6.07, 6.45) is 2.04. The van der Waals surface area contributed by atoms with Gasteiger partial charge in [-0.2, -0.15) is 0 Å². The fraction of sp³-hybridized carbons (Fsp3) is 0.556. The van der Waals surface area contributed by atoms with Crippen molar-refractivity contribution in [2.45, 2.75) is 26.8 Å². The number of rotatable bonds is 1. The average molecular weight is 172 g/mol. The van der Waals surface area contributed by atoms with Gasteiger partial charge >= 0.3 is 0 Å². The fourth-order valence-corrected chi connectivity index (χ4v) is 1.37. The zero-order valence-corrected chi connectivity index (χ0v) is 8.00. The number of hydrogen-bond acceptors (Lipinski definition) is 1. The average Bonchev–Trinajstić information content (AvgIpc) is 2.18. The smallest absolute Gasteiger partial charge is 0.0257 e. The second-order valence-electron chi connectivity index (χ2n) is 3.04. The standard InChI is InChI=1S/C9H14ClN/c1-6(10)4-9-5-11-8(3)7(9)2/h4,8,11H,5H2,1-3H3/b6-4+/t8-/m0/s1. The van der Waals surface area contributed by atoms with E-state index in [4.69, 9.17) is 11.6 Å². The lowest BCUT2D eigenvalue weighted by atomic mass is 10.1. The van der Waals surface area contributed by atoms with E-state index < -0.39 is 0 Å². The van der Waals surface area contributed by atoms with Crippen molar-refractivity contribution in [2.24, 2.45) is 0 Å². The molecule has 1 aliphatic heterocycles. The van der Waals surface area contributed by atoms with Gasteiger partial charge in [-0.25, -0.2) is 0 Å². The van der Waals surface area contributed by atoms with Gasteiger partial charge in [-0.1, -0.05) is 17.2 Å². The highest BCUT2D eigenvalue weighted by atomic mass is 35.5. The van der Waals surface area contributed by atoms with Crippen LogP contribution in [0.2, 0.25) is 0 Å². The third kappa shape index (κ3) is 2.08. The van der Waals surface area contributed by atoms with Crippen molar-refractivity contribution in [3.8, 4) is 0 Å². The SMILES string of the molecule is CC1=C(/C=C(\C)Cl)CN[C@H]1C. The quantitative estimate of drug-likeness (QED) is 0.639. The van der Waals surface area contributed by atoms with Crippen molar-refractivity contribution < 1.29 is 0 Å². The van der Waals surface area contributed by atoms with Crippen LogP contribution < -0.4 is 5.32 Å². The van der Waals surface area contributed by atoms with Crippen molar-refractivity contribution in [3.05, 3.63) is 22.3 Å². The summed E-state index contributed by atoms with van der Waals surface area (Å²) in [7, 11) is 0. The van der Waals surface area contributed by atoms with E-state index in [1.54, 1.807) is 0 Å². The van der Waals surface area contributed by atoms with Crippen LogP contribution in [0.4, 0.5) is 0 Å². The van der Waals surface area contributed by atoms with Gasteiger partial charge in [0.2, 0.25) is 0 Å². The molecule has 1 aliphatic rings. The van der Waals surface area contributed by atoms with Gasteiger partial charge in [0.05, 0.1) is 0 Å². The van der Waals surface area contributed by atoms with Crippen molar-refractivity contribution in [1.82, 2.24) is 5.32 Å². The minimum Gasteiger partial charge on any atom is -0.306 e. The van der Waals surface area contributed by atoms with E-state index in [0.717, 1.165) is 11.6 Å². The van der Waals surface area contributed by atoms with Crippen LogP contribution in [0.1, 0.15) is 20.8 Å². The highest BCUT2D eigenvalue weighted by Gasteiger charge is 2.14. The van der Waals surface area contributed by atoms with Crippen LogP contribution in [0.3, 0.4) is 0 Å². The Morgan fingerprint density at radius 3 is 2.73 bits per heavy atom. The molecule has 0 aromatic heterocycles. The molecule has 0 unspecified atom stereocenters. The molecular weight excluding hydrogens is 158 g/mol. The Hall–Kier alpha value is -0.270. The lowest BCUT2D eigenvalue weighted by Crippen LogP contribution is -2.19. The highest BCUT2D eigenvalue weighted by Crippen LogP contribution is 2.18. The zero-order valence-electron chi connectivity index (χ0n) is 7.24. The zero-order chi connectivity index (χ0) is 8.43. The van der Waals surface area contributed by atoms with Crippen LogP contribution in [-0.4, -0.2) is 12.6 Å². The second-order valence-corrected chi connectivity index (χ2v) is 3.64. The number of halogens is 1. The molecule has 0 aromatic carbocycles. The van der Waals surface area contributed by atoms with E-state index in [2.05, 4.69) is 19.2 Å². The van der Waals surface area contributed by atoms with E-state index in [-0.39, 0.29) is 0 Å². The van der Waals surface area contributed by atoms with E-state index in [0.29, 0.717) is 6.04 Å². The van der Waals surface area contributed by atoms with E-state index >= 15 is 0 Å². The Bertz CT molecular complexity index is 212. The first-order chi connectivity index (χ1) is 5.11. The maximum absolute atomic E-state index is 5.77. The molecule has 62 valence electrons. The van der Waals surface area contributed by atoms with E-state index in [1.165, 1.54) is 11.1 Å². The maximum atomic E-state index is 5.77. The minimum atomic E-state index is 0.511. The topological polar surface area (TPSA) is 12.0 Å². The number of allylic oxidation sites excluding steroid dienone is 1. The van der Waals surface area contributed by atoms with Crippen LogP contribution in [0.25, 0.3) is 0 Å². The number of hydrogen-bond donors (Lipinski definition) is 1. The monoisotopic (exact) mass is 171 g/mol. The molecular formula is C9H14ClN. The van der Waals surface area contributed by atoms with Crippen LogP contribution >= 0.6 is 11.6 Å². The summed E-state index contributed by atoms with van der Waals surface area (Å²) in [4.78, 5) is 0. The summed E-state index contributed by atoms with van der Waals surface area (Å²) in [6.45, 7) is 7.18. The van der Waals surface area contributed by atoms with Crippen LogP contribution in [-0.2, 0) is 0 Å². The van der Waals surface area contributed by atoms with Crippen molar-refractivity contribution in [1.29, 1.82) is 0 Å². The molecule has 0 spiro atoms. The summed E-state index contributed by atoms with van der Waals surface area (Å²) < 4.78 is 0. The first-order valence-corrected chi connectivity index (χ1v) is 4.26. The molecule has 1 nitrogen and oxygen atoms in total. The van der Waals surface area contributed by atoms with E-state index in [1.807, 2.05) is 13.0 Å². The van der Waals surface area contributed by atoms with Gasteiger partial charge in [-0.15, -0.1) is 0 Å². The van der Waals surface area contributed by atoms with Crippen molar-refractivity contribution >= 4 is 11.6 Å². The molecule has 0 fully saturated rings. The van der Waals surface area contributed by atoms with E-state index in [9.17, 15) is 0 Å². The van der Waals surface area contributed by atoms with Gasteiger partial charge in [-0.3, -0.25) is 0 Å². The third-order valence-corrected chi connectivity index (χ3v) is 2.24. The molecule has 0 aromatic rings. The molecule has 11 heavy (non-hydrogen) atoms. The first-order valence-electron chi connectivity index (χ1n) is 3.88. The number of nitrogens with one attached hydrogen (secondary N) is 1. The Morgan fingerprint density at radius 2 is 2.36 bits per heavy atom. The predicted octanol–water partition coefficient (Wildman–Crippen LogP) is 2.44. The molecule has 0 radical (unpaired) electrons. The highest BCUT2D eigenvalue weighted by molar-refractivity contribution is 6.29. The van der Waals surface area contributed by atoms with Crippen LogP contribution in [0, 0.1) is 0 Å². The molecule has 0 aliphatic carbocycles. The van der Waals surface area contributed by atoms with Gasteiger partial charge in [0.25, 0.3) is 0 Å². The minimum absolute atomic E-state index is 0.511. The molecule has 0 bridgehead atoms. The Labute approximate surface area is 73.1 Å². The van der Waals surface area contributed by atoms with Gasteiger partial charge in [0, 0.05) is 17.6 Å². The van der Waals surface area contributed by atoms with Gasteiger partial charge in [0.1, 0.15) is 0 Å². The summed E-state index contributed by atoms with van der Waals surface area (Å²) in [5.41, 5.74) is 2.75. The second kappa shape index (κ2) is 3.42. The lowest BCUT2D eigenvalue weighted by Gasteiger charge is -2.01. The summed E-state index contributed by atoms with van der Waals surface area (Å²) in [5, 5.41) is 4.20. The Morgan fingerprint density at radius 1 is 1.73 bits per heavy atom. The molecule has 1 rings (SSSR count). The van der Waals surface area contributed by atoms with Gasteiger partial charge < -0.3 is 5.32 Å². The summed E-state index contributed by atoms with van der Waals surface area (Å²) >= 11 is 5.77. The molecule has 2 heteroatoms. The van der Waals surface area contributed by atoms with Crippen molar-refractivity contribution in [3.63, 3.8) is 0 Å². The van der Waals surface area contributed by atoms with Gasteiger partial charge in [0.15, 0.2) is 0 Å². The molecule has 1 N–H and O–H groups in total. The van der Waals surface area contributed by atoms with Gasteiger partial charge in [-0.05, 0) is 32.4 Å². The Balaban J connectivity index is 2.80. The van der Waals surface area contributed by atoms with Crippen molar-refractivity contribution in [2.75, 3.05) is 6.54 Å². The first kappa shape index (κ1) is 8.82. The lowest BCUT2D eigenvalue weighted by molar-refractivity contribution is 0.700. The summed E-state index contributed by atoms with van der Waals surface area (Å²) in [6, 6.07) is 0.511. The maximum Gasteiger partial charge on any atom is 0.0257 e. The molecule has 0 saturated heterocycles. The normalized spacial score (nSPS) is 26.5. The molecule has 1 atom stereocenters. The third-order valence-electron chi connectivity index (χ3n) is 2.13. The molecule has 0 amide bonds. The molecule has 1 heterocycles. The Kier molecular flexibility index (Phi) is 2.74. The molecule has 0 saturated carbocycles. The van der Waals surface area contributed by atoms with Crippen LogP contribution in [0.15, 0.2) is 22.3 Å².